The number of rotatable bonds is 5. The van der Waals surface area contributed by atoms with Gasteiger partial charge in [-0.15, -0.1) is 0 Å². The van der Waals surface area contributed by atoms with E-state index in [1.165, 1.54) is 17.3 Å². The first-order chi connectivity index (χ1) is 10.2. The van der Waals surface area contributed by atoms with Gasteiger partial charge in [0, 0.05) is 31.4 Å². The summed E-state index contributed by atoms with van der Waals surface area (Å²) >= 11 is 0. The lowest BCUT2D eigenvalue weighted by Gasteiger charge is -2.36. The third-order valence-electron chi connectivity index (χ3n) is 4.37. The first kappa shape index (κ1) is 14.3. The summed E-state index contributed by atoms with van der Waals surface area (Å²) in [6.07, 6.45) is 5.24. The Kier molecular flexibility index (Phi) is 4.06. The van der Waals surface area contributed by atoms with Crippen molar-refractivity contribution in [1.29, 1.82) is 0 Å². The normalized spacial score (nSPS) is 21.3. The third kappa shape index (κ3) is 3.16. The van der Waals surface area contributed by atoms with Crippen molar-refractivity contribution in [1.82, 2.24) is 15.1 Å². The van der Waals surface area contributed by atoms with E-state index in [-0.39, 0.29) is 5.82 Å². The summed E-state index contributed by atoms with van der Waals surface area (Å²) in [5, 5.41) is 8.05. The largest absolute Gasteiger partial charge is 0.310 e. The highest BCUT2D eigenvalue weighted by Crippen LogP contribution is 2.37. The SMILES string of the molecule is CCc1nn(C)cc1CNC1CC(c2cccc(F)c2)C1. The molecule has 1 saturated carbocycles. The second-order valence-corrected chi connectivity index (χ2v) is 5.93. The van der Waals surface area contributed by atoms with E-state index >= 15 is 0 Å². The van der Waals surface area contributed by atoms with Crippen LogP contribution in [-0.2, 0) is 20.0 Å². The number of nitrogens with one attached hydrogen (secondary N) is 1. The third-order valence-corrected chi connectivity index (χ3v) is 4.37. The van der Waals surface area contributed by atoms with Crippen molar-refractivity contribution in [3.05, 3.63) is 53.1 Å². The van der Waals surface area contributed by atoms with E-state index in [0.717, 1.165) is 31.4 Å². The van der Waals surface area contributed by atoms with Gasteiger partial charge in [-0.2, -0.15) is 5.10 Å². The van der Waals surface area contributed by atoms with Gasteiger partial charge >= 0.3 is 0 Å². The molecule has 0 amide bonds. The van der Waals surface area contributed by atoms with Crippen LogP contribution in [0, 0.1) is 5.82 Å². The van der Waals surface area contributed by atoms with Gasteiger partial charge in [0.25, 0.3) is 0 Å². The lowest BCUT2D eigenvalue weighted by molar-refractivity contribution is 0.289. The second kappa shape index (κ2) is 5.98. The quantitative estimate of drug-likeness (QED) is 0.915. The van der Waals surface area contributed by atoms with Crippen LogP contribution in [-0.4, -0.2) is 15.8 Å². The number of nitrogens with zero attached hydrogens (tertiary/aromatic N) is 2. The van der Waals surface area contributed by atoms with Crippen LogP contribution in [0.5, 0.6) is 0 Å². The zero-order chi connectivity index (χ0) is 14.8. The van der Waals surface area contributed by atoms with Gasteiger partial charge in [0.2, 0.25) is 0 Å². The van der Waals surface area contributed by atoms with Crippen LogP contribution in [0.2, 0.25) is 0 Å². The molecular weight excluding hydrogens is 265 g/mol. The molecule has 1 N–H and O–H groups in total. The maximum atomic E-state index is 13.2. The minimum atomic E-state index is -0.133. The van der Waals surface area contributed by atoms with E-state index < -0.39 is 0 Å². The Labute approximate surface area is 125 Å². The number of halogens is 1. The van der Waals surface area contributed by atoms with Gasteiger partial charge < -0.3 is 5.32 Å². The minimum absolute atomic E-state index is 0.133. The summed E-state index contributed by atoms with van der Waals surface area (Å²) in [6.45, 7) is 3.01. The highest BCUT2D eigenvalue weighted by atomic mass is 19.1. The van der Waals surface area contributed by atoms with Crippen molar-refractivity contribution in [2.75, 3.05) is 0 Å². The topological polar surface area (TPSA) is 29.9 Å². The molecule has 1 fully saturated rings. The van der Waals surface area contributed by atoms with Crippen LogP contribution in [0.25, 0.3) is 0 Å². The van der Waals surface area contributed by atoms with E-state index in [1.54, 1.807) is 12.1 Å². The van der Waals surface area contributed by atoms with Gasteiger partial charge in [-0.05, 0) is 42.9 Å². The number of hydrogen-bond acceptors (Lipinski definition) is 2. The Morgan fingerprint density at radius 3 is 2.90 bits per heavy atom. The summed E-state index contributed by atoms with van der Waals surface area (Å²) in [7, 11) is 1.96. The molecule has 3 rings (SSSR count). The van der Waals surface area contributed by atoms with Gasteiger partial charge in [-0.25, -0.2) is 4.39 Å². The van der Waals surface area contributed by atoms with Crippen LogP contribution in [0.15, 0.2) is 30.5 Å². The maximum absolute atomic E-state index is 13.2. The first-order valence-corrected chi connectivity index (χ1v) is 7.66. The van der Waals surface area contributed by atoms with Gasteiger partial charge in [0.05, 0.1) is 5.69 Å². The Balaban J connectivity index is 1.51. The van der Waals surface area contributed by atoms with Crippen LogP contribution in [0.3, 0.4) is 0 Å². The van der Waals surface area contributed by atoms with Crippen molar-refractivity contribution < 1.29 is 4.39 Å². The smallest absolute Gasteiger partial charge is 0.123 e. The van der Waals surface area contributed by atoms with Crippen LogP contribution < -0.4 is 5.32 Å². The molecule has 0 aliphatic heterocycles. The summed E-state index contributed by atoms with van der Waals surface area (Å²) in [6, 6.07) is 7.53. The molecule has 21 heavy (non-hydrogen) atoms. The highest BCUT2D eigenvalue weighted by molar-refractivity contribution is 5.24. The number of aromatic nitrogens is 2. The van der Waals surface area contributed by atoms with E-state index in [0.29, 0.717) is 12.0 Å². The summed E-state index contributed by atoms with van der Waals surface area (Å²) < 4.78 is 15.1. The maximum Gasteiger partial charge on any atom is 0.123 e. The molecule has 0 bridgehead atoms. The fourth-order valence-corrected chi connectivity index (χ4v) is 3.10. The highest BCUT2D eigenvalue weighted by Gasteiger charge is 2.30. The van der Waals surface area contributed by atoms with Crippen molar-refractivity contribution in [3.63, 3.8) is 0 Å². The average Bonchev–Trinajstić information content (AvgIpc) is 2.77. The van der Waals surface area contributed by atoms with E-state index in [4.69, 9.17) is 0 Å². The fraction of sp³-hybridized carbons (Fsp3) is 0.471. The molecule has 112 valence electrons. The summed E-state index contributed by atoms with van der Waals surface area (Å²) in [5.74, 6) is 0.365. The fourth-order valence-electron chi connectivity index (χ4n) is 3.10. The Hall–Kier alpha value is -1.68. The molecule has 0 unspecified atom stereocenters. The lowest BCUT2D eigenvalue weighted by Crippen LogP contribution is -2.39. The van der Waals surface area contributed by atoms with Crippen molar-refractivity contribution in [2.24, 2.45) is 7.05 Å². The van der Waals surface area contributed by atoms with E-state index in [2.05, 4.69) is 23.5 Å². The Morgan fingerprint density at radius 2 is 2.19 bits per heavy atom. The van der Waals surface area contributed by atoms with Crippen molar-refractivity contribution >= 4 is 0 Å². The van der Waals surface area contributed by atoms with E-state index in [1.807, 2.05) is 17.8 Å². The van der Waals surface area contributed by atoms with Crippen LogP contribution >= 0.6 is 0 Å². The van der Waals surface area contributed by atoms with Gasteiger partial charge in [-0.1, -0.05) is 19.1 Å². The molecule has 1 heterocycles. The monoisotopic (exact) mass is 287 g/mol. The summed E-state index contributed by atoms with van der Waals surface area (Å²) in [5.41, 5.74) is 3.59. The van der Waals surface area contributed by atoms with Gasteiger partial charge in [0.1, 0.15) is 5.82 Å². The molecule has 4 heteroatoms. The van der Waals surface area contributed by atoms with E-state index in [9.17, 15) is 4.39 Å². The summed E-state index contributed by atoms with van der Waals surface area (Å²) in [4.78, 5) is 0. The first-order valence-electron chi connectivity index (χ1n) is 7.66. The molecule has 0 radical (unpaired) electrons. The minimum Gasteiger partial charge on any atom is -0.310 e. The van der Waals surface area contributed by atoms with Crippen molar-refractivity contribution in [3.8, 4) is 0 Å². The predicted molar refractivity (Wildman–Crippen MR) is 81.6 cm³/mol. The molecule has 2 aromatic rings. The van der Waals surface area contributed by atoms with Crippen LogP contribution in [0.1, 0.15) is 42.5 Å². The zero-order valence-electron chi connectivity index (χ0n) is 12.6. The Bertz CT molecular complexity index is 614. The Morgan fingerprint density at radius 1 is 1.38 bits per heavy atom. The number of hydrogen-bond donors (Lipinski definition) is 1. The molecule has 1 aliphatic rings. The average molecular weight is 287 g/mol. The molecular formula is C17H22FN3. The number of benzene rings is 1. The van der Waals surface area contributed by atoms with Crippen LogP contribution in [0.4, 0.5) is 4.39 Å². The second-order valence-electron chi connectivity index (χ2n) is 5.93. The number of aryl methyl sites for hydroxylation is 2. The standard InChI is InChI=1S/C17H22FN3/c1-3-17-14(11-21(2)20-17)10-19-16-8-13(9-16)12-5-4-6-15(18)7-12/h4-7,11,13,16,19H,3,8-10H2,1-2H3. The molecule has 0 saturated heterocycles. The molecule has 1 aromatic carbocycles. The predicted octanol–water partition coefficient (Wildman–Crippen LogP) is 3.16. The molecule has 0 spiro atoms. The molecule has 1 aliphatic carbocycles. The molecule has 3 nitrogen and oxygen atoms in total. The van der Waals surface area contributed by atoms with Gasteiger partial charge in [-0.3, -0.25) is 4.68 Å². The van der Waals surface area contributed by atoms with Gasteiger partial charge in [0.15, 0.2) is 0 Å². The zero-order valence-corrected chi connectivity index (χ0v) is 12.6. The molecule has 0 atom stereocenters. The van der Waals surface area contributed by atoms with Crippen molar-refractivity contribution in [2.45, 2.75) is 44.7 Å². The lowest BCUT2D eigenvalue weighted by atomic mass is 9.76. The molecule has 1 aromatic heterocycles.